The van der Waals surface area contributed by atoms with Crippen LogP contribution in [0.3, 0.4) is 0 Å². The molecule has 3 amide bonds. The first-order valence-corrected chi connectivity index (χ1v) is 11.5. The van der Waals surface area contributed by atoms with Crippen molar-refractivity contribution in [1.29, 1.82) is 0 Å². The summed E-state index contributed by atoms with van der Waals surface area (Å²) < 4.78 is 5.22. The molecule has 0 saturated carbocycles. The topological polar surface area (TPSA) is 123 Å². The quantitative estimate of drug-likeness (QED) is 0.205. The number of hydrogen-bond donors (Lipinski definition) is 4. The van der Waals surface area contributed by atoms with Gasteiger partial charge in [-0.05, 0) is 54.1 Å². The zero-order valence-corrected chi connectivity index (χ0v) is 20.1. The SMILES string of the molecule is COc1cccc(NC(=O)C(C(=O)Nc2ccccc2)c2ccc(C(=O)Nc3ccccc3N)cc2)c1. The van der Waals surface area contributed by atoms with E-state index < -0.39 is 17.7 Å². The summed E-state index contributed by atoms with van der Waals surface area (Å²) in [6, 6.07) is 29.0. The van der Waals surface area contributed by atoms with Gasteiger partial charge in [-0.3, -0.25) is 14.4 Å². The predicted octanol–water partition coefficient (Wildman–Crippen LogP) is 4.89. The van der Waals surface area contributed by atoms with Crippen LogP contribution in [0.15, 0.2) is 103 Å². The fourth-order valence-electron chi connectivity index (χ4n) is 3.71. The highest BCUT2D eigenvalue weighted by Gasteiger charge is 2.29. The molecule has 0 spiro atoms. The van der Waals surface area contributed by atoms with Gasteiger partial charge in [0, 0.05) is 23.0 Å². The van der Waals surface area contributed by atoms with Gasteiger partial charge in [0.05, 0.1) is 18.5 Å². The maximum Gasteiger partial charge on any atom is 0.255 e. The van der Waals surface area contributed by atoms with Gasteiger partial charge in [-0.25, -0.2) is 0 Å². The number of nitrogen functional groups attached to an aromatic ring is 1. The Labute approximate surface area is 214 Å². The highest BCUT2D eigenvalue weighted by atomic mass is 16.5. The van der Waals surface area contributed by atoms with Crippen molar-refractivity contribution in [3.63, 3.8) is 0 Å². The molecule has 1 atom stereocenters. The van der Waals surface area contributed by atoms with Crippen LogP contribution in [0, 0.1) is 0 Å². The van der Waals surface area contributed by atoms with Crippen molar-refractivity contribution in [2.75, 3.05) is 28.8 Å². The minimum Gasteiger partial charge on any atom is -0.497 e. The lowest BCUT2D eigenvalue weighted by molar-refractivity contribution is -0.125. The smallest absolute Gasteiger partial charge is 0.255 e. The van der Waals surface area contributed by atoms with Gasteiger partial charge in [0.15, 0.2) is 0 Å². The van der Waals surface area contributed by atoms with Gasteiger partial charge in [-0.15, -0.1) is 0 Å². The summed E-state index contributed by atoms with van der Waals surface area (Å²) in [5.41, 5.74) is 8.66. The second-order valence-electron chi connectivity index (χ2n) is 8.17. The Bertz CT molecular complexity index is 1410. The fourth-order valence-corrected chi connectivity index (χ4v) is 3.71. The van der Waals surface area contributed by atoms with Gasteiger partial charge >= 0.3 is 0 Å². The Morgan fingerprint density at radius 2 is 1.32 bits per heavy atom. The Morgan fingerprint density at radius 1 is 0.703 bits per heavy atom. The number of nitrogens with two attached hydrogens (primary N) is 1. The third-order valence-electron chi connectivity index (χ3n) is 5.62. The van der Waals surface area contributed by atoms with E-state index >= 15 is 0 Å². The second kappa shape index (κ2) is 11.5. The molecule has 8 heteroatoms. The minimum absolute atomic E-state index is 0.349. The average molecular weight is 495 g/mol. The molecule has 0 fully saturated rings. The minimum atomic E-state index is -1.19. The number of carbonyl (C=O) groups excluding carboxylic acids is 3. The number of anilines is 4. The molecule has 4 aromatic carbocycles. The Kier molecular flexibility index (Phi) is 7.80. The lowest BCUT2D eigenvalue weighted by atomic mass is 9.95. The number of ether oxygens (including phenoxy) is 1. The highest BCUT2D eigenvalue weighted by molar-refractivity contribution is 6.15. The van der Waals surface area contributed by atoms with Crippen LogP contribution in [0.2, 0.25) is 0 Å². The molecule has 4 rings (SSSR count). The molecule has 0 saturated heterocycles. The summed E-state index contributed by atoms with van der Waals surface area (Å²) in [6.07, 6.45) is 0. The van der Waals surface area contributed by atoms with Gasteiger partial charge < -0.3 is 26.4 Å². The summed E-state index contributed by atoms with van der Waals surface area (Å²) in [5, 5.41) is 8.34. The molecule has 0 heterocycles. The van der Waals surface area contributed by atoms with Crippen LogP contribution >= 0.6 is 0 Å². The molecule has 1 unspecified atom stereocenters. The second-order valence-corrected chi connectivity index (χ2v) is 8.17. The molecule has 8 nitrogen and oxygen atoms in total. The molecule has 0 bridgehead atoms. The highest BCUT2D eigenvalue weighted by Crippen LogP contribution is 2.24. The number of nitrogens with one attached hydrogen (secondary N) is 3. The Morgan fingerprint density at radius 3 is 2.00 bits per heavy atom. The van der Waals surface area contributed by atoms with E-state index in [-0.39, 0.29) is 5.91 Å². The third kappa shape index (κ3) is 6.32. The molecule has 0 aromatic heterocycles. The fraction of sp³-hybridized carbons (Fsp3) is 0.0690. The number of rotatable bonds is 8. The number of benzene rings is 4. The van der Waals surface area contributed by atoms with Crippen LogP contribution in [0.5, 0.6) is 5.75 Å². The summed E-state index contributed by atoms with van der Waals surface area (Å²) in [7, 11) is 1.53. The molecule has 0 radical (unpaired) electrons. The van der Waals surface area contributed by atoms with Crippen molar-refractivity contribution in [3.8, 4) is 5.75 Å². The van der Waals surface area contributed by atoms with Crippen LogP contribution < -0.4 is 26.4 Å². The number of methoxy groups -OCH3 is 1. The number of hydrogen-bond acceptors (Lipinski definition) is 5. The monoisotopic (exact) mass is 494 g/mol. The zero-order chi connectivity index (χ0) is 26.2. The van der Waals surface area contributed by atoms with E-state index in [9.17, 15) is 14.4 Å². The number of amides is 3. The summed E-state index contributed by atoms with van der Waals surface area (Å²) in [5.74, 6) is -2.03. The predicted molar refractivity (Wildman–Crippen MR) is 145 cm³/mol. The van der Waals surface area contributed by atoms with Gasteiger partial charge in [-0.2, -0.15) is 0 Å². The molecule has 186 valence electrons. The van der Waals surface area contributed by atoms with Crippen LogP contribution in [0.1, 0.15) is 21.8 Å². The first-order chi connectivity index (χ1) is 17.9. The molecule has 0 aliphatic carbocycles. The lowest BCUT2D eigenvalue weighted by Crippen LogP contribution is -2.32. The van der Waals surface area contributed by atoms with Crippen LogP contribution in [0.25, 0.3) is 0 Å². The Balaban J connectivity index is 1.58. The van der Waals surface area contributed by atoms with Gasteiger partial charge in [-0.1, -0.05) is 48.5 Å². The van der Waals surface area contributed by atoms with E-state index in [0.29, 0.717) is 39.6 Å². The van der Waals surface area contributed by atoms with E-state index in [1.54, 1.807) is 97.1 Å². The number of carbonyl (C=O) groups is 3. The van der Waals surface area contributed by atoms with E-state index in [1.165, 1.54) is 7.11 Å². The van der Waals surface area contributed by atoms with Crippen molar-refractivity contribution in [3.05, 3.63) is 114 Å². The Hall–Kier alpha value is -5.11. The molecule has 5 N–H and O–H groups in total. The van der Waals surface area contributed by atoms with Crippen LogP contribution in [-0.2, 0) is 9.59 Å². The van der Waals surface area contributed by atoms with Gasteiger partial charge in [0.25, 0.3) is 5.91 Å². The van der Waals surface area contributed by atoms with E-state index in [0.717, 1.165) is 0 Å². The van der Waals surface area contributed by atoms with Crippen molar-refractivity contribution >= 4 is 40.5 Å². The summed E-state index contributed by atoms with van der Waals surface area (Å²) >= 11 is 0. The average Bonchev–Trinajstić information content (AvgIpc) is 2.91. The standard InChI is InChI=1S/C29H26N4O4/c1-37-23-11-7-10-22(18-23)32-29(36)26(28(35)31-21-8-3-2-4-9-21)19-14-16-20(17-15-19)27(34)33-25-13-6-5-12-24(25)30/h2-18,26H,30H2,1H3,(H,31,35)(H,32,36)(H,33,34). The normalized spacial score (nSPS) is 11.2. The van der Waals surface area contributed by atoms with Crippen molar-refractivity contribution < 1.29 is 19.1 Å². The first-order valence-electron chi connectivity index (χ1n) is 11.5. The molecule has 37 heavy (non-hydrogen) atoms. The van der Waals surface area contributed by atoms with Crippen molar-refractivity contribution in [1.82, 2.24) is 0 Å². The third-order valence-corrected chi connectivity index (χ3v) is 5.62. The zero-order valence-electron chi connectivity index (χ0n) is 20.1. The molecule has 0 aliphatic rings. The van der Waals surface area contributed by atoms with Crippen molar-refractivity contribution in [2.24, 2.45) is 0 Å². The summed E-state index contributed by atoms with van der Waals surface area (Å²) in [6.45, 7) is 0. The molecular weight excluding hydrogens is 468 g/mol. The van der Waals surface area contributed by atoms with Crippen LogP contribution in [0.4, 0.5) is 22.7 Å². The maximum atomic E-state index is 13.3. The van der Waals surface area contributed by atoms with Crippen LogP contribution in [-0.4, -0.2) is 24.8 Å². The molecular formula is C29H26N4O4. The first kappa shape index (κ1) is 25.0. The summed E-state index contributed by atoms with van der Waals surface area (Å²) in [4.78, 5) is 39.3. The van der Waals surface area contributed by atoms with Gasteiger partial charge in [0.1, 0.15) is 11.7 Å². The van der Waals surface area contributed by atoms with Crippen molar-refractivity contribution in [2.45, 2.75) is 5.92 Å². The largest absolute Gasteiger partial charge is 0.497 e. The number of para-hydroxylation sites is 3. The van der Waals surface area contributed by atoms with E-state index in [4.69, 9.17) is 10.5 Å². The van der Waals surface area contributed by atoms with Gasteiger partial charge in [0.2, 0.25) is 11.8 Å². The van der Waals surface area contributed by atoms with E-state index in [2.05, 4.69) is 16.0 Å². The lowest BCUT2D eigenvalue weighted by Gasteiger charge is -2.18. The maximum absolute atomic E-state index is 13.3. The molecule has 4 aromatic rings. The van der Waals surface area contributed by atoms with E-state index in [1.807, 2.05) is 6.07 Å². The molecule has 0 aliphatic heterocycles.